The Labute approximate surface area is 448 Å². The van der Waals surface area contributed by atoms with Crippen LogP contribution in [0, 0.1) is 0 Å². The van der Waals surface area contributed by atoms with Crippen LogP contribution in [0.2, 0.25) is 0 Å². The van der Waals surface area contributed by atoms with Crippen molar-refractivity contribution in [2.24, 2.45) is 0 Å². The summed E-state index contributed by atoms with van der Waals surface area (Å²) in [4.78, 5) is 4.69. The first-order chi connectivity index (χ1) is 38.7. The highest BCUT2D eigenvalue weighted by atomic mass is 16.3. The van der Waals surface area contributed by atoms with Gasteiger partial charge in [-0.05, 0) is 151 Å². The summed E-state index contributed by atoms with van der Waals surface area (Å²) in [6.45, 7) is 0. The van der Waals surface area contributed by atoms with Crippen molar-refractivity contribution in [3.63, 3.8) is 0 Å². The number of anilines is 6. The van der Waals surface area contributed by atoms with Crippen LogP contribution in [0.1, 0.15) is 0 Å². The van der Waals surface area contributed by atoms with Crippen molar-refractivity contribution >= 4 is 122 Å². The fourth-order valence-electron chi connectivity index (χ4n) is 12.2. The van der Waals surface area contributed by atoms with E-state index in [-0.39, 0.29) is 0 Å². The lowest BCUT2D eigenvalue weighted by atomic mass is 10.0. The van der Waals surface area contributed by atoms with Crippen molar-refractivity contribution in [1.29, 1.82) is 0 Å². The zero-order valence-electron chi connectivity index (χ0n) is 42.2. The molecular weight excluding hydrogens is 953 g/mol. The van der Waals surface area contributed by atoms with Crippen LogP contribution < -0.4 is 9.80 Å². The molecule has 0 fully saturated rings. The highest BCUT2D eigenvalue weighted by Crippen LogP contribution is 2.47. The number of para-hydroxylation sites is 7. The number of aromatic nitrogens is 2. The Morgan fingerprint density at radius 2 is 0.667 bits per heavy atom. The summed E-state index contributed by atoms with van der Waals surface area (Å²) < 4.78 is 18.3. The van der Waals surface area contributed by atoms with E-state index in [0.29, 0.717) is 0 Å². The molecule has 78 heavy (non-hydrogen) atoms. The van der Waals surface area contributed by atoms with Crippen molar-refractivity contribution in [3.8, 4) is 22.5 Å². The summed E-state index contributed by atoms with van der Waals surface area (Å²) >= 11 is 0. The maximum Gasteiger partial charge on any atom is 0.145 e. The zero-order chi connectivity index (χ0) is 51.3. The predicted molar refractivity (Wildman–Crippen MR) is 324 cm³/mol. The molecule has 0 saturated heterocycles. The van der Waals surface area contributed by atoms with Crippen molar-refractivity contribution in [2.75, 3.05) is 9.80 Å². The Morgan fingerprint density at radius 3 is 1.18 bits per heavy atom. The Kier molecular flexibility index (Phi) is 9.84. The van der Waals surface area contributed by atoms with E-state index in [9.17, 15) is 0 Å². The summed E-state index contributed by atoms with van der Waals surface area (Å²) in [6, 6.07) is 99.8. The Bertz CT molecular complexity index is 4780. The second kappa shape index (κ2) is 17.5. The molecule has 16 aromatic rings. The maximum absolute atomic E-state index is 7.33. The van der Waals surface area contributed by atoms with Gasteiger partial charge in [0.2, 0.25) is 0 Å². The molecule has 0 aliphatic heterocycles. The van der Waals surface area contributed by atoms with Gasteiger partial charge in [-0.25, -0.2) is 0 Å². The van der Waals surface area contributed by atoms with Crippen molar-refractivity contribution < 1.29 is 8.83 Å². The smallest absolute Gasteiger partial charge is 0.145 e. The van der Waals surface area contributed by atoms with Gasteiger partial charge in [0, 0.05) is 77.8 Å². The molecule has 0 aliphatic carbocycles. The van der Waals surface area contributed by atoms with E-state index in [0.717, 1.165) is 144 Å². The van der Waals surface area contributed by atoms with Crippen LogP contribution in [-0.4, -0.2) is 9.13 Å². The maximum atomic E-state index is 7.33. The average Bonchev–Trinajstić information content (AvgIpc) is 4.46. The van der Waals surface area contributed by atoms with Gasteiger partial charge in [0.25, 0.3) is 0 Å². The lowest BCUT2D eigenvalue weighted by Gasteiger charge is -2.30. The highest BCUT2D eigenvalue weighted by molar-refractivity contribution is 6.29. The van der Waals surface area contributed by atoms with Crippen molar-refractivity contribution in [2.45, 2.75) is 0 Å². The van der Waals surface area contributed by atoms with E-state index in [1.165, 1.54) is 0 Å². The number of hydrogen-bond acceptors (Lipinski definition) is 4. The van der Waals surface area contributed by atoms with E-state index in [2.05, 4.69) is 286 Å². The molecule has 6 nitrogen and oxygen atoms in total. The number of hydrogen-bond donors (Lipinski definition) is 0. The third-order valence-electron chi connectivity index (χ3n) is 15.6. The molecule has 0 bridgehead atoms. The minimum Gasteiger partial charge on any atom is -0.456 e. The van der Waals surface area contributed by atoms with E-state index < -0.39 is 0 Å². The fraction of sp³-hybridized carbons (Fsp3) is 0. The molecule has 0 saturated carbocycles. The van der Waals surface area contributed by atoms with E-state index >= 15 is 0 Å². The fourth-order valence-corrected chi connectivity index (χ4v) is 12.2. The molecule has 0 aliphatic rings. The molecular formula is C72H46N4O2. The molecule has 12 aromatic carbocycles. The van der Waals surface area contributed by atoms with Gasteiger partial charge in [-0.3, -0.25) is 0 Å². The minimum atomic E-state index is 0.878. The van der Waals surface area contributed by atoms with Crippen LogP contribution in [0.3, 0.4) is 0 Å². The normalized spacial score (nSPS) is 11.8. The number of nitrogens with zero attached hydrogens (tertiary/aromatic N) is 4. The van der Waals surface area contributed by atoms with Crippen LogP contribution in [-0.2, 0) is 0 Å². The van der Waals surface area contributed by atoms with E-state index in [4.69, 9.17) is 8.83 Å². The number of rotatable bonds is 9. The zero-order valence-corrected chi connectivity index (χ0v) is 42.2. The average molecular weight is 999 g/mol. The number of furan rings is 2. The number of fused-ring (bicyclic) bond motifs is 14. The highest BCUT2D eigenvalue weighted by Gasteiger charge is 2.24. The second-order valence-electron chi connectivity index (χ2n) is 20.1. The first kappa shape index (κ1) is 43.8. The standard InChI is InChI=1S/C72H46N4O2/c1-5-19-49(20-6-1)73(50-21-7-2-8-22-50)55-43-48(44-56(45-55)74(51-23-9-3-10-24-51)52-25-11-4-12-26-52)47-33-35-53(36-34-47)75-63-30-16-13-28-60(63)69-65(75)40-38-58-59-39-41-66-70(72(59)78-71(58)69)61-29-14-17-31-64(61)76(66)54-37-42-68-62(46-54)57-27-15-18-32-67(57)77-68/h1-46H. The molecule has 0 unspecified atom stereocenters. The Hall–Kier alpha value is -10.6. The molecule has 4 heterocycles. The van der Waals surface area contributed by atoms with Crippen molar-refractivity contribution in [3.05, 3.63) is 279 Å². The third kappa shape index (κ3) is 6.83. The molecule has 0 radical (unpaired) electrons. The molecule has 4 aromatic heterocycles. The number of benzene rings is 12. The van der Waals surface area contributed by atoms with Gasteiger partial charge in [-0.2, -0.15) is 0 Å². The van der Waals surface area contributed by atoms with E-state index in [1.807, 2.05) is 12.1 Å². The van der Waals surface area contributed by atoms with Gasteiger partial charge in [0.1, 0.15) is 22.3 Å². The first-order valence-electron chi connectivity index (χ1n) is 26.5. The second-order valence-corrected chi connectivity index (χ2v) is 20.1. The summed E-state index contributed by atoms with van der Waals surface area (Å²) in [5, 5.41) is 8.87. The van der Waals surface area contributed by atoms with Crippen molar-refractivity contribution in [1.82, 2.24) is 9.13 Å². The van der Waals surface area contributed by atoms with E-state index in [1.54, 1.807) is 0 Å². The predicted octanol–water partition coefficient (Wildman–Crippen LogP) is 20.3. The Balaban J connectivity index is 0.859. The molecule has 0 amide bonds. The van der Waals surface area contributed by atoms with Gasteiger partial charge in [0.05, 0.1) is 32.8 Å². The van der Waals surface area contributed by atoms with Crippen LogP contribution in [0.25, 0.3) is 110 Å². The SMILES string of the molecule is c1ccc(N(c2ccccc2)c2cc(-c3ccc(-n4c5ccccc5c5c6oc7c(ccc8c7c7ccccc7n8-c7ccc8oc9ccccc9c8c7)c6ccc54)cc3)cc(N(c3ccccc3)c3ccccc3)c2)cc1. The topological polar surface area (TPSA) is 42.6 Å². The largest absolute Gasteiger partial charge is 0.456 e. The Morgan fingerprint density at radius 1 is 0.244 bits per heavy atom. The molecule has 6 heteroatoms. The van der Waals surface area contributed by atoms with Gasteiger partial charge in [-0.15, -0.1) is 0 Å². The van der Waals surface area contributed by atoms with Gasteiger partial charge in [-0.1, -0.05) is 140 Å². The van der Waals surface area contributed by atoms with Crippen LogP contribution >= 0.6 is 0 Å². The quantitative estimate of drug-likeness (QED) is 0.145. The van der Waals surface area contributed by atoms with Crippen LogP contribution in [0.4, 0.5) is 34.1 Å². The minimum absolute atomic E-state index is 0.878. The lowest BCUT2D eigenvalue weighted by molar-refractivity contribution is 0.669. The first-order valence-corrected chi connectivity index (χ1v) is 26.5. The summed E-state index contributed by atoms with van der Waals surface area (Å²) in [6.07, 6.45) is 0. The summed E-state index contributed by atoms with van der Waals surface area (Å²) in [5.41, 5.74) is 18.7. The molecule has 0 atom stereocenters. The summed E-state index contributed by atoms with van der Waals surface area (Å²) in [7, 11) is 0. The molecule has 0 spiro atoms. The molecule has 16 rings (SSSR count). The van der Waals surface area contributed by atoms with Gasteiger partial charge in [0.15, 0.2) is 0 Å². The monoisotopic (exact) mass is 998 g/mol. The van der Waals surface area contributed by atoms with Crippen LogP contribution in [0.15, 0.2) is 288 Å². The lowest BCUT2D eigenvalue weighted by Crippen LogP contribution is -2.13. The van der Waals surface area contributed by atoms with Gasteiger partial charge < -0.3 is 27.8 Å². The molecule has 366 valence electrons. The third-order valence-corrected chi connectivity index (χ3v) is 15.6. The molecule has 0 N–H and O–H groups in total. The summed E-state index contributed by atoms with van der Waals surface area (Å²) in [5.74, 6) is 0. The van der Waals surface area contributed by atoms with Crippen LogP contribution in [0.5, 0.6) is 0 Å². The van der Waals surface area contributed by atoms with Gasteiger partial charge >= 0.3 is 0 Å².